The highest BCUT2D eigenvalue weighted by Crippen LogP contribution is 2.04. The number of benzene rings is 2. The maximum absolute atomic E-state index is 12.1. The molecule has 1 unspecified atom stereocenters. The monoisotopic (exact) mass is 253 g/mol. The van der Waals surface area contributed by atoms with Crippen LogP contribution < -0.4 is 5.32 Å². The Labute approximate surface area is 114 Å². The third kappa shape index (κ3) is 4.04. The summed E-state index contributed by atoms with van der Waals surface area (Å²) in [5.74, 6) is 0.147. The molecule has 0 aromatic heterocycles. The van der Waals surface area contributed by atoms with Gasteiger partial charge in [0.15, 0.2) is 5.78 Å². The lowest BCUT2D eigenvalue weighted by Crippen LogP contribution is -2.35. The number of hydrogen-bond donors (Lipinski definition) is 1. The minimum Gasteiger partial charge on any atom is -0.307 e. The number of carbonyl (C=O) groups excluding carboxylic acids is 1. The Morgan fingerprint density at radius 3 is 2.21 bits per heavy atom. The molecule has 98 valence electrons. The van der Waals surface area contributed by atoms with Crippen LogP contribution in [0.2, 0.25) is 0 Å². The van der Waals surface area contributed by atoms with Gasteiger partial charge in [-0.25, -0.2) is 0 Å². The minimum absolute atomic E-state index is 0.147. The van der Waals surface area contributed by atoms with E-state index < -0.39 is 0 Å². The maximum atomic E-state index is 12.1. The SMILES string of the molecule is CC(NCCc1ccccc1)C(=O)c1ccccc1. The van der Waals surface area contributed by atoms with Gasteiger partial charge in [0, 0.05) is 5.56 Å². The molecular formula is C17H19NO. The van der Waals surface area contributed by atoms with Crippen LogP contribution in [0.15, 0.2) is 60.7 Å². The molecule has 0 amide bonds. The van der Waals surface area contributed by atoms with E-state index in [0.717, 1.165) is 18.5 Å². The second-order valence-electron chi connectivity index (χ2n) is 4.64. The smallest absolute Gasteiger partial charge is 0.179 e. The summed E-state index contributed by atoms with van der Waals surface area (Å²) in [6, 6.07) is 19.6. The van der Waals surface area contributed by atoms with Crippen molar-refractivity contribution in [2.45, 2.75) is 19.4 Å². The average Bonchev–Trinajstić information content (AvgIpc) is 2.48. The summed E-state index contributed by atoms with van der Waals surface area (Å²) in [6.45, 7) is 2.73. The van der Waals surface area contributed by atoms with Gasteiger partial charge in [-0.2, -0.15) is 0 Å². The molecule has 0 radical (unpaired) electrons. The fourth-order valence-electron chi connectivity index (χ4n) is 2.02. The molecule has 2 heteroatoms. The molecule has 1 atom stereocenters. The summed E-state index contributed by atoms with van der Waals surface area (Å²) >= 11 is 0. The molecule has 0 fully saturated rings. The fraction of sp³-hybridized carbons (Fsp3) is 0.235. The maximum Gasteiger partial charge on any atom is 0.179 e. The van der Waals surface area contributed by atoms with Gasteiger partial charge in [0.2, 0.25) is 0 Å². The number of ketones is 1. The first kappa shape index (κ1) is 13.5. The van der Waals surface area contributed by atoms with Crippen LogP contribution in [0.5, 0.6) is 0 Å². The Hall–Kier alpha value is -1.93. The summed E-state index contributed by atoms with van der Waals surface area (Å²) in [5, 5.41) is 3.28. The Kier molecular flexibility index (Phi) is 4.87. The number of carbonyl (C=O) groups is 1. The number of Topliss-reactive ketones (excluding diaryl/α,β-unsaturated/α-hetero) is 1. The third-order valence-corrected chi connectivity index (χ3v) is 3.16. The van der Waals surface area contributed by atoms with Gasteiger partial charge in [-0.15, -0.1) is 0 Å². The molecule has 0 aliphatic rings. The number of rotatable bonds is 6. The standard InChI is InChI=1S/C17H19NO/c1-14(17(19)16-10-6-3-7-11-16)18-13-12-15-8-4-2-5-9-15/h2-11,14,18H,12-13H2,1H3. The van der Waals surface area contributed by atoms with E-state index in [-0.39, 0.29) is 11.8 Å². The highest BCUT2D eigenvalue weighted by molar-refractivity contribution is 5.99. The lowest BCUT2D eigenvalue weighted by atomic mass is 10.1. The molecule has 2 aromatic rings. The van der Waals surface area contributed by atoms with Crippen LogP contribution in [0.3, 0.4) is 0 Å². The van der Waals surface area contributed by atoms with E-state index >= 15 is 0 Å². The summed E-state index contributed by atoms with van der Waals surface area (Å²) in [7, 11) is 0. The Morgan fingerprint density at radius 1 is 1.00 bits per heavy atom. The predicted molar refractivity (Wildman–Crippen MR) is 78.4 cm³/mol. The van der Waals surface area contributed by atoms with Gasteiger partial charge in [-0.05, 0) is 25.5 Å². The lowest BCUT2D eigenvalue weighted by molar-refractivity contribution is 0.0951. The third-order valence-electron chi connectivity index (χ3n) is 3.16. The van der Waals surface area contributed by atoms with E-state index in [9.17, 15) is 4.79 Å². The molecule has 0 saturated heterocycles. The topological polar surface area (TPSA) is 29.1 Å². The molecular weight excluding hydrogens is 234 g/mol. The molecule has 0 aliphatic heterocycles. The zero-order chi connectivity index (χ0) is 13.5. The van der Waals surface area contributed by atoms with Crippen molar-refractivity contribution in [3.63, 3.8) is 0 Å². The summed E-state index contributed by atoms with van der Waals surface area (Å²) in [4.78, 5) is 12.1. The van der Waals surface area contributed by atoms with E-state index in [1.807, 2.05) is 55.5 Å². The number of hydrogen-bond acceptors (Lipinski definition) is 2. The van der Waals surface area contributed by atoms with Gasteiger partial charge in [0.25, 0.3) is 0 Å². The van der Waals surface area contributed by atoms with E-state index in [1.165, 1.54) is 5.56 Å². The zero-order valence-electron chi connectivity index (χ0n) is 11.2. The summed E-state index contributed by atoms with van der Waals surface area (Å²) < 4.78 is 0. The van der Waals surface area contributed by atoms with Crippen LogP contribution >= 0.6 is 0 Å². The quantitative estimate of drug-likeness (QED) is 0.802. The van der Waals surface area contributed by atoms with Crippen molar-refractivity contribution in [2.75, 3.05) is 6.54 Å². The van der Waals surface area contributed by atoms with Crippen LogP contribution in [-0.4, -0.2) is 18.4 Å². The van der Waals surface area contributed by atoms with Crippen LogP contribution in [0.25, 0.3) is 0 Å². The molecule has 2 rings (SSSR count). The molecule has 0 spiro atoms. The zero-order valence-corrected chi connectivity index (χ0v) is 11.2. The van der Waals surface area contributed by atoms with Crippen molar-refractivity contribution in [2.24, 2.45) is 0 Å². The van der Waals surface area contributed by atoms with Crippen molar-refractivity contribution in [1.82, 2.24) is 5.32 Å². The van der Waals surface area contributed by atoms with Gasteiger partial charge in [-0.1, -0.05) is 60.7 Å². The molecule has 1 N–H and O–H groups in total. The molecule has 2 nitrogen and oxygen atoms in total. The average molecular weight is 253 g/mol. The first-order chi connectivity index (χ1) is 9.27. The molecule has 0 aliphatic carbocycles. The van der Waals surface area contributed by atoms with E-state index in [2.05, 4.69) is 17.4 Å². The highest BCUT2D eigenvalue weighted by Gasteiger charge is 2.13. The van der Waals surface area contributed by atoms with Gasteiger partial charge in [-0.3, -0.25) is 4.79 Å². The first-order valence-electron chi connectivity index (χ1n) is 6.64. The van der Waals surface area contributed by atoms with E-state index in [0.29, 0.717) is 0 Å². The van der Waals surface area contributed by atoms with Gasteiger partial charge < -0.3 is 5.32 Å². The first-order valence-corrected chi connectivity index (χ1v) is 6.64. The Balaban J connectivity index is 1.82. The number of nitrogens with one attached hydrogen (secondary N) is 1. The largest absolute Gasteiger partial charge is 0.307 e. The van der Waals surface area contributed by atoms with Crippen molar-refractivity contribution >= 4 is 5.78 Å². The molecule has 19 heavy (non-hydrogen) atoms. The fourth-order valence-corrected chi connectivity index (χ4v) is 2.02. The summed E-state index contributed by atoms with van der Waals surface area (Å²) in [5.41, 5.74) is 2.05. The van der Waals surface area contributed by atoms with E-state index in [1.54, 1.807) is 0 Å². The Morgan fingerprint density at radius 2 is 1.58 bits per heavy atom. The van der Waals surface area contributed by atoms with Crippen LogP contribution in [0, 0.1) is 0 Å². The minimum atomic E-state index is -0.147. The van der Waals surface area contributed by atoms with Gasteiger partial charge in [0.1, 0.15) is 0 Å². The second-order valence-corrected chi connectivity index (χ2v) is 4.64. The molecule has 0 heterocycles. The predicted octanol–water partition coefficient (Wildman–Crippen LogP) is 3.09. The lowest BCUT2D eigenvalue weighted by Gasteiger charge is -2.12. The molecule has 2 aromatic carbocycles. The second kappa shape index (κ2) is 6.86. The Bertz CT molecular complexity index is 507. The van der Waals surface area contributed by atoms with Crippen molar-refractivity contribution in [1.29, 1.82) is 0 Å². The summed E-state index contributed by atoms with van der Waals surface area (Å²) in [6.07, 6.45) is 0.938. The van der Waals surface area contributed by atoms with Crippen LogP contribution in [-0.2, 0) is 6.42 Å². The van der Waals surface area contributed by atoms with E-state index in [4.69, 9.17) is 0 Å². The molecule has 0 saturated carbocycles. The highest BCUT2D eigenvalue weighted by atomic mass is 16.1. The van der Waals surface area contributed by atoms with Crippen LogP contribution in [0.1, 0.15) is 22.8 Å². The van der Waals surface area contributed by atoms with Crippen molar-refractivity contribution in [3.8, 4) is 0 Å². The molecule has 0 bridgehead atoms. The normalized spacial score (nSPS) is 12.1. The van der Waals surface area contributed by atoms with Gasteiger partial charge >= 0.3 is 0 Å². The van der Waals surface area contributed by atoms with Crippen LogP contribution in [0.4, 0.5) is 0 Å². The van der Waals surface area contributed by atoms with Crippen molar-refractivity contribution in [3.05, 3.63) is 71.8 Å². The van der Waals surface area contributed by atoms with Gasteiger partial charge in [0.05, 0.1) is 6.04 Å². The van der Waals surface area contributed by atoms with Crippen molar-refractivity contribution < 1.29 is 4.79 Å².